The molecule has 0 saturated carbocycles. The summed E-state index contributed by atoms with van der Waals surface area (Å²) in [5, 5.41) is 9.45. The second kappa shape index (κ2) is 9.87. The zero-order valence-corrected chi connectivity index (χ0v) is 18.3. The lowest BCUT2D eigenvalue weighted by Gasteiger charge is -2.35. The third-order valence-corrected chi connectivity index (χ3v) is 4.25. The van der Waals surface area contributed by atoms with Crippen LogP contribution in [0.15, 0.2) is 12.1 Å². The van der Waals surface area contributed by atoms with Gasteiger partial charge in [-0.2, -0.15) is 0 Å². The van der Waals surface area contributed by atoms with E-state index < -0.39 is 23.8 Å². The summed E-state index contributed by atoms with van der Waals surface area (Å²) in [5.41, 5.74) is 1.38. The van der Waals surface area contributed by atoms with Crippen LogP contribution >= 0.6 is 0 Å². The first-order chi connectivity index (χ1) is 12.8. The zero-order valence-electron chi connectivity index (χ0n) is 18.3. The van der Waals surface area contributed by atoms with Gasteiger partial charge in [0.2, 0.25) is 0 Å². The average Bonchev–Trinajstić information content (AvgIpc) is 2.55. The van der Waals surface area contributed by atoms with E-state index in [1.165, 1.54) is 6.92 Å². The Balaban J connectivity index is 3.17. The van der Waals surface area contributed by atoms with Gasteiger partial charge >= 0.3 is 12.1 Å². The highest BCUT2D eigenvalue weighted by atomic mass is 16.6. The molecule has 28 heavy (non-hydrogen) atoms. The van der Waals surface area contributed by atoms with Gasteiger partial charge in [-0.15, -0.1) is 0 Å². The Hall–Kier alpha value is -2.15. The Kier molecular flexibility index (Phi) is 8.42. The maximum Gasteiger partial charge on any atom is 0.410 e. The van der Waals surface area contributed by atoms with E-state index in [-0.39, 0.29) is 18.6 Å². The highest BCUT2D eigenvalue weighted by Gasteiger charge is 2.31. The maximum absolute atomic E-state index is 12.5. The van der Waals surface area contributed by atoms with Gasteiger partial charge in [0.05, 0.1) is 18.0 Å². The molecule has 0 aliphatic rings. The summed E-state index contributed by atoms with van der Waals surface area (Å²) in [4.78, 5) is 30.2. The SMILES string of the molecule is CC(=O)OC(CC(C(C)C)N(C)C(=O)OC(C)(C)C)c1cc(C)cc(CO)n1. The van der Waals surface area contributed by atoms with Crippen LogP contribution < -0.4 is 0 Å². The average molecular weight is 395 g/mol. The molecule has 1 rings (SSSR count). The number of carbonyl (C=O) groups is 2. The van der Waals surface area contributed by atoms with Gasteiger partial charge in [-0.05, 0) is 51.3 Å². The molecule has 1 heterocycles. The van der Waals surface area contributed by atoms with Gasteiger partial charge in [0.1, 0.15) is 11.7 Å². The summed E-state index contributed by atoms with van der Waals surface area (Å²) in [6.07, 6.45) is -0.699. The van der Waals surface area contributed by atoms with Crippen LogP contribution in [0.1, 0.15) is 71.0 Å². The summed E-state index contributed by atoms with van der Waals surface area (Å²) in [5.74, 6) is -0.334. The minimum absolute atomic E-state index is 0.0951. The number of aromatic nitrogens is 1. The highest BCUT2D eigenvalue weighted by molar-refractivity contribution is 5.68. The molecule has 7 nitrogen and oxygen atoms in total. The van der Waals surface area contributed by atoms with E-state index in [2.05, 4.69) is 4.98 Å². The van der Waals surface area contributed by atoms with Crippen molar-refractivity contribution in [2.75, 3.05) is 7.05 Å². The van der Waals surface area contributed by atoms with Gasteiger partial charge in [-0.1, -0.05) is 13.8 Å². The van der Waals surface area contributed by atoms with Gasteiger partial charge in [0, 0.05) is 26.4 Å². The molecule has 158 valence electrons. The number of hydrogen-bond acceptors (Lipinski definition) is 6. The standard InChI is InChI=1S/C21H34N2O5/c1-13(2)18(23(8)20(26)28-21(5,6)7)11-19(27-15(4)25)17-10-14(3)9-16(12-24)22-17/h9-10,13,18-19,24H,11-12H2,1-8H3. The smallest absolute Gasteiger partial charge is 0.410 e. The fraction of sp³-hybridized carbons (Fsp3) is 0.667. The number of esters is 1. The molecule has 2 atom stereocenters. The first-order valence-corrected chi connectivity index (χ1v) is 9.55. The number of carbonyl (C=O) groups excluding carboxylic acids is 2. The van der Waals surface area contributed by atoms with Crippen molar-refractivity contribution in [1.29, 1.82) is 0 Å². The van der Waals surface area contributed by atoms with Crippen molar-refractivity contribution < 1.29 is 24.2 Å². The number of aliphatic hydroxyl groups is 1. The zero-order chi connectivity index (χ0) is 21.6. The number of rotatable bonds is 7. The van der Waals surface area contributed by atoms with E-state index in [1.807, 2.05) is 47.6 Å². The van der Waals surface area contributed by atoms with Crippen LogP contribution in [0, 0.1) is 12.8 Å². The van der Waals surface area contributed by atoms with Gasteiger partial charge < -0.3 is 19.5 Å². The molecule has 0 fully saturated rings. The van der Waals surface area contributed by atoms with E-state index in [0.717, 1.165) is 5.56 Å². The van der Waals surface area contributed by atoms with Gasteiger partial charge in [-0.3, -0.25) is 9.78 Å². The quantitative estimate of drug-likeness (QED) is 0.708. The third kappa shape index (κ3) is 7.46. The van der Waals surface area contributed by atoms with Gasteiger partial charge in [0.25, 0.3) is 0 Å². The molecular weight excluding hydrogens is 360 g/mol. The molecular formula is C21H34N2O5. The summed E-state index contributed by atoms with van der Waals surface area (Å²) in [7, 11) is 1.69. The second-order valence-corrected chi connectivity index (χ2v) is 8.46. The molecule has 7 heteroatoms. The molecule has 0 spiro atoms. The van der Waals surface area contributed by atoms with Crippen molar-refractivity contribution in [3.8, 4) is 0 Å². The lowest BCUT2D eigenvalue weighted by Crippen LogP contribution is -2.44. The number of aliphatic hydroxyl groups excluding tert-OH is 1. The number of amides is 1. The predicted octanol–water partition coefficient (Wildman–Crippen LogP) is 3.77. The van der Waals surface area contributed by atoms with Crippen LogP contribution in [0.2, 0.25) is 0 Å². The first-order valence-electron chi connectivity index (χ1n) is 9.55. The Bertz CT molecular complexity index is 682. The van der Waals surface area contributed by atoms with Crippen molar-refractivity contribution in [1.82, 2.24) is 9.88 Å². The molecule has 0 radical (unpaired) electrons. The Morgan fingerprint density at radius 3 is 2.32 bits per heavy atom. The first kappa shape index (κ1) is 23.9. The lowest BCUT2D eigenvalue weighted by atomic mass is 9.94. The van der Waals surface area contributed by atoms with E-state index in [4.69, 9.17) is 9.47 Å². The molecule has 0 bridgehead atoms. The molecule has 0 aliphatic carbocycles. The molecule has 0 aromatic carbocycles. The Morgan fingerprint density at radius 1 is 1.25 bits per heavy atom. The molecule has 0 saturated heterocycles. The molecule has 0 aliphatic heterocycles. The third-order valence-electron chi connectivity index (χ3n) is 4.25. The van der Waals surface area contributed by atoms with Crippen molar-refractivity contribution >= 4 is 12.1 Å². The number of nitrogens with zero attached hydrogens (tertiary/aromatic N) is 2. The van der Waals surface area contributed by atoms with Crippen molar-refractivity contribution in [3.63, 3.8) is 0 Å². The number of pyridine rings is 1. The summed E-state index contributed by atoms with van der Waals surface area (Å²) in [6.45, 7) is 12.5. The van der Waals surface area contributed by atoms with Crippen LogP contribution in [0.5, 0.6) is 0 Å². The lowest BCUT2D eigenvalue weighted by molar-refractivity contribution is -0.148. The maximum atomic E-state index is 12.5. The van der Waals surface area contributed by atoms with Crippen LogP contribution in [-0.2, 0) is 20.9 Å². The van der Waals surface area contributed by atoms with Crippen molar-refractivity contribution in [3.05, 3.63) is 29.1 Å². The fourth-order valence-corrected chi connectivity index (χ4v) is 3.01. The number of ether oxygens (including phenoxy) is 2. The predicted molar refractivity (Wildman–Crippen MR) is 107 cm³/mol. The van der Waals surface area contributed by atoms with Crippen LogP contribution in [0.25, 0.3) is 0 Å². The summed E-state index contributed by atoms with van der Waals surface area (Å²) in [6, 6.07) is 3.37. The molecule has 1 N–H and O–H groups in total. The second-order valence-electron chi connectivity index (χ2n) is 8.46. The van der Waals surface area contributed by atoms with E-state index >= 15 is 0 Å². The Labute approximate surface area is 168 Å². The van der Waals surface area contributed by atoms with Crippen molar-refractivity contribution in [2.45, 2.75) is 79.2 Å². The van der Waals surface area contributed by atoms with Crippen LogP contribution in [-0.4, -0.2) is 45.7 Å². The molecule has 1 aromatic heterocycles. The summed E-state index contributed by atoms with van der Waals surface area (Å²) >= 11 is 0. The van der Waals surface area contributed by atoms with E-state index in [9.17, 15) is 14.7 Å². The topological polar surface area (TPSA) is 89.0 Å². The van der Waals surface area contributed by atoms with E-state index in [1.54, 1.807) is 18.0 Å². The fourth-order valence-electron chi connectivity index (χ4n) is 3.01. The minimum atomic E-state index is -0.639. The molecule has 1 amide bonds. The Morgan fingerprint density at radius 2 is 1.86 bits per heavy atom. The number of hydrogen-bond donors (Lipinski definition) is 1. The largest absolute Gasteiger partial charge is 0.456 e. The van der Waals surface area contributed by atoms with Gasteiger partial charge in [0.15, 0.2) is 0 Å². The van der Waals surface area contributed by atoms with Crippen molar-refractivity contribution in [2.24, 2.45) is 5.92 Å². The highest BCUT2D eigenvalue weighted by Crippen LogP contribution is 2.28. The molecule has 1 aromatic rings. The van der Waals surface area contributed by atoms with Crippen LogP contribution in [0.3, 0.4) is 0 Å². The monoisotopic (exact) mass is 394 g/mol. The van der Waals surface area contributed by atoms with Crippen LogP contribution in [0.4, 0.5) is 4.79 Å². The summed E-state index contributed by atoms with van der Waals surface area (Å²) < 4.78 is 11.0. The normalized spacial score (nSPS) is 13.8. The number of aryl methyl sites for hydroxylation is 1. The van der Waals surface area contributed by atoms with Gasteiger partial charge in [-0.25, -0.2) is 4.79 Å². The minimum Gasteiger partial charge on any atom is -0.456 e. The molecule has 2 unspecified atom stereocenters. The van der Waals surface area contributed by atoms with E-state index in [0.29, 0.717) is 17.8 Å².